The maximum atomic E-state index is 13.8. The van der Waals surface area contributed by atoms with Gasteiger partial charge in [0.05, 0.1) is 31.6 Å². The van der Waals surface area contributed by atoms with Crippen LogP contribution in [-0.2, 0) is 33.3 Å². The lowest BCUT2D eigenvalue weighted by Gasteiger charge is -2.48. The molecule has 8 atom stereocenters. The van der Waals surface area contributed by atoms with Crippen LogP contribution in [0.5, 0.6) is 0 Å². The normalized spacial score (nSPS) is 32.5. The molecule has 296 valence electrons. The molecule has 2 fully saturated rings. The van der Waals surface area contributed by atoms with Gasteiger partial charge in [-0.15, -0.1) is 6.58 Å². The molecule has 4 aliphatic rings. The van der Waals surface area contributed by atoms with Gasteiger partial charge in [-0.2, -0.15) is 0 Å². The number of rotatable bonds is 15. The van der Waals surface area contributed by atoms with Crippen LogP contribution in [-0.4, -0.2) is 149 Å². The first-order valence-corrected chi connectivity index (χ1v) is 17.3. The summed E-state index contributed by atoms with van der Waals surface area (Å²) in [5, 5.41) is 79.9. The molecule has 19 nitrogen and oxygen atoms in total. The fourth-order valence-corrected chi connectivity index (χ4v) is 6.64. The summed E-state index contributed by atoms with van der Waals surface area (Å²) in [6.45, 7) is 2.71. The average molecular weight is 755 g/mol. The Morgan fingerprint density at radius 3 is 2.51 bits per heavy atom. The van der Waals surface area contributed by atoms with Crippen LogP contribution < -0.4 is 21.3 Å². The Labute approximate surface area is 306 Å². The number of aliphatic hydroxyl groups is 6. The topological polar surface area (TPSA) is 289 Å². The molecule has 4 rings (SSSR count). The van der Waals surface area contributed by atoms with Gasteiger partial charge in [-0.1, -0.05) is 18.6 Å². The molecule has 3 aliphatic heterocycles. The number of nitrogens with two attached hydrogens (primary N) is 1. The van der Waals surface area contributed by atoms with E-state index in [0.717, 1.165) is 25.5 Å². The number of nitrogens with zero attached hydrogens (tertiary/aromatic N) is 1. The Morgan fingerprint density at radius 1 is 1.19 bits per heavy atom. The van der Waals surface area contributed by atoms with Crippen molar-refractivity contribution in [2.45, 2.75) is 80.5 Å². The molecular formula is C34H52N5O14+. The number of aliphatic carboxylic acids is 1. The van der Waals surface area contributed by atoms with Crippen molar-refractivity contribution >= 4 is 17.9 Å². The van der Waals surface area contributed by atoms with Crippen molar-refractivity contribution in [3.63, 3.8) is 0 Å². The second-order valence-corrected chi connectivity index (χ2v) is 13.1. The van der Waals surface area contributed by atoms with Gasteiger partial charge < -0.3 is 75.4 Å². The van der Waals surface area contributed by atoms with Gasteiger partial charge in [0.15, 0.2) is 18.4 Å². The van der Waals surface area contributed by atoms with Crippen molar-refractivity contribution in [2.24, 2.45) is 16.6 Å². The lowest BCUT2D eigenvalue weighted by molar-refractivity contribution is -0.843. The number of aliphatic hydroxyl groups excluding tert-OH is 3. The van der Waals surface area contributed by atoms with Crippen LogP contribution >= 0.6 is 0 Å². The van der Waals surface area contributed by atoms with Crippen molar-refractivity contribution in [2.75, 3.05) is 47.1 Å². The number of hydrogen-bond donors (Lipinski definition) is 11. The molecule has 1 unspecified atom stereocenters. The second-order valence-electron chi connectivity index (χ2n) is 13.1. The van der Waals surface area contributed by atoms with Gasteiger partial charge in [-0.25, -0.2) is 9.59 Å². The highest BCUT2D eigenvalue weighted by Crippen LogP contribution is 2.41. The number of ether oxygens (including phenoxy) is 5. The van der Waals surface area contributed by atoms with Crippen molar-refractivity contribution in [1.82, 2.24) is 10.6 Å². The first-order valence-electron chi connectivity index (χ1n) is 17.3. The van der Waals surface area contributed by atoms with Crippen LogP contribution in [0.1, 0.15) is 32.1 Å². The van der Waals surface area contributed by atoms with Gasteiger partial charge in [-0.3, -0.25) is 10.3 Å². The SMILES string of the molecule is C=C[C@H]1[C@H](O[C@@H]2O[C@H](CO)[C@@H](O)C(O)(O)[C@H]2OCNC)OC=C(C(=O)OC2CCCCC2)[C@@]1(O)/C=C/C1=C(NC(N)=NC)C(C(=O)O)=C[NH+](CCO)C1. The van der Waals surface area contributed by atoms with E-state index in [1.54, 1.807) is 0 Å². The predicted molar refractivity (Wildman–Crippen MR) is 184 cm³/mol. The van der Waals surface area contributed by atoms with E-state index in [0.29, 0.717) is 23.3 Å². The number of guanidine groups is 1. The summed E-state index contributed by atoms with van der Waals surface area (Å²) in [5.74, 6) is -6.70. The number of hydrogen-bond acceptors (Lipinski definition) is 15. The highest BCUT2D eigenvalue weighted by Gasteiger charge is 2.58. The molecule has 3 heterocycles. The summed E-state index contributed by atoms with van der Waals surface area (Å²) in [7, 11) is 2.91. The zero-order valence-electron chi connectivity index (χ0n) is 29.7. The van der Waals surface area contributed by atoms with Crippen LogP contribution in [0.25, 0.3) is 0 Å². The van der Waals surface area contributed by atoms with E-state index in [2.05, 4.69) is 22.2 Å². The lowest BCUT2D eigenvalue weighted by Crippen LogP contribution is -3.09. The van der Waals surface area contributed by atoms with E-state index < -0.39 is 72.8 Å². The van der Waals surface area contributed by atoms with Crippen LogP contribution in [0, 0.1) is 5.92 Å². The van der Waals surface area contributed by atoms with Crippen LogP contribution in [0.4, 0.5) is 0 Å². The molecule has 1 aliphatic carbocycles. The third-order valence-electron chi connectivity index (χ3n) is 9.52. The predicted octanol–water partition coefficient (Wildman–Crippen LogP) is -3.82. The number of carbonyl (C=O) groups excluding carboxylic acids is 1. The highest BCUT2D eigenvalue weighted by molar-refractivity contribution is 5.94. The third kappa shape index (κ3) is 9.51. The van der Waals surface area contributed by atoms with Crippen LogP contribution in [0.2, 0.25) is 0 Å². The minimum absolute atomic E-state index is 0.0448. The number of nitrogens with one attached hydrogen (secondary N) is 3. The van der Waals surface area contributed by atoms with Gasteiger partial charge in [0.2, 0.25) is 12.1 Å². The molecule has 0 bridgehead atoms. The zero-order valence-corrected chi connectivity index (χ0v) is 29.7. The first-order chi connectivity index (χ1) is 25.2. The molecule has 0 aromatic carbocycles. The minimum Gasteiger partial charge on any atom is -0.477 e. The smallest absolute Gasteiger partial charge is 0.343 e. The Balaban J connectivity index is 1.80. The molecule has 1 saturated heterocycles. The number of carboxylic acids is 1. The summed E-state index contributed by atoms with van der Waals surface area (Å²) in [5.41, 5.74) is 3.37. The fraction of sp³-hybridized carbons (Fsp3) is 0.618. The van der Waals surface area contributed by atoms with E-state index in [-0.39, 0.29) is 49.2 Å². The standard InChI is InChI=1S/C34H51N5O14/c1-4-22-30(53-31-27(50-18-36-2)34(47,48)26(42)24(16-41)52-31)49-17-23(29(45)51-20-8-6-5-7-9-20)33(22,46)11-10-19-14-39(12-13-40)15-21(28(43)44)25(19)38-32(35)37-3/h4,10-11,15,17,20,22,24,26-27,30-31,36,40-42,46-48H,1,5-9,12-14,16,18H2,2-3H3,(H,43,44)(H3,35,37,38)/p+1/b11-10+/t22-,24+,26+,27-,30-,31-,33+/m0/s1. The fourth-order valence-electron chi connectivity index (χ4n) is 6.64. The molecule has 0 radical (unpaired) electrons. The number of carboxylic acid groups (broad SMARTS) is 1. The molecular weight excluding hydrogens is 702 g/mol. The lowest BCUT2D eigenvalue weighted by atomic mass is 9.78. The Kier molecular flexibility index (Phi) is 14.7. The van der Waals surface area contributed by atoms with E-state index in [9.17, 15) is 45.3 Å². The van der Waals surface area contributed by atoms with Crippen molar-refractivity contribution in [3.05, 3.63) is 59.7 Å². The average Bonchev–Trinajstić information content (AvgIpc) is 3.13. The first kappa shape index (κ1) is 42.0. The number of carbonyl (C=O) groups is 2. The van der Waals surface area contributed by atoms with E-state index in [1.165, 1.54) is 38.5 Å². The second kappa shape index (κ2) is 18.5. The molecule has 0 aromatic rings. The summed E-state index contributed by atoms with van der Waals surface area (Å²) in [6, 6.07) is 0. The van der Waals surface area contributed by atoms with Crippen LogP contribution in [0.15, 0.2) is 64.7 Å². The summed E-state index contributed by atoms with van der Waals surface area (Å²) < 4.78 is 28.9. The Morgan fingerprint density at radius 2 is 1.91 bits per heavy atom. The molecule has 0 amide bonds. The number of aliphatic imine (C=N–C) groups is 1. The molecule has 0 spiro atoms. The highest BCUT2D eigenvalue weighted by atomic mass is 16.8. The maximum Gasteiger partial charge on any atom is 0.343 e. The quantitative estimate of drug-likeness (QED) is 0.0251. The van der Waals surface area contributed by atoms with Crippen molar-refractivity contribution in [1.29, 1.82) is 0 Å². The van der Waals surface area contributed by atoms with E-state index in [1.807, 2.05) is 0 Å². The van der Waals surface area contributed by atoms with Gasteiger partial charge in [0.1, 0.15) is 60.6 Å². The molecule has 1 saturated carbocycles. The summed E-state index contributed by atoms with van der Waals surface area (Å²) >= 11 is 0. The Bertz CT molecular complexity index is 1470. The van der Waals surface area contributed by atoms with E-state index in [4.69, 9.17) is 29.4 Å². The minimum atomic E-state index is -2.99. The van der Waals surface area contributed by atoms with Gasteiger partial charge in [0, 0.05) is 12.6 Å². The molecule has 0 aromatic heterocycles. The van der Waals surface area contributed by atoms with Gasteiger partial charge in [-0.05, 0) is 38.8 Å². The summed E-state index contributed by atoms with van der Waals surface area (Å²) in [6.07, 6.45) is 1.02. The molecule has 53 heavy (non-hydrogen) atoms. The van der Waals surface area contributed by atoms with Gasteiger partial charge in [0.25, 0.3) is 0 Å². The molecule has 19 heteroatoms. The zero-order chi connectivity index (χ0) is 38.9. The van der Waals surface area contributed by atoms with Crippen LogP contribution in [0.3, 0.4) is 0 Å². The van der Waals surface area contributed by atoms with Crippen molar-refractivity contribution in [3.8, 4) is 0 Å². The number of esters is 1. The largest absolute Gasteiger partial charge is 0.477 e. The summed E-state index contributed by atoms with van der Waals surface area (Å²) in [4.78, 5) is 30.6. The monoisotopic (exact) mass is 754 g/mol. The Hall–Kier alpha value is -3.73. The maximum absolute atomic E-state index is 13.8. The van der Waals surface area contributed by atoms with Gasteiger partial charge >= 0.3 is 11.9 Å². The van der Waals surface area contributed by atoms with E-state index >= 15 is 0 Å². The third-order valence-corrected chi connectivity index (χ3v) is 9.52. The molecule has 12 N–H and O–H groups in total. The van der Waals surface area contributed by atoms with Crippen molar-refractivity contribution < 1.29 is 73.9 Å². The number of quaternary nitrogens is 1.